The van der Waals surface area contributed by atoms with Crippen LogP contribution in [0.15, 0.2) is 11.6 Å². The SMILES string of the molecule is CC(CF)N[C@H]1CC=C(C(C)(C)C)CC1. The zero-order valence-electron chi connectivity index (χ0n) is 10.4. The maximum atomic E-state index is 12.3. The van der Waals surface area contributed by atoms with E-state index in [1.165, 1.54) is 0 Å². The van der Waals surface area contributed by atoms with Crippen molar-refractivity contribution in [3.05, 3.63) is 11.6 Å². The summed E-state index contributed by atoms with van der Waals surface area (Å²) in [4.78, 5) is 0. The number of allylic oxidation sites excluding steroid dienone is 1. The van der Waals surface area contributed by atoms with E-state index in [9.17, 15) is 4.39 Å². The van der Waals surface area contributed by atoms with E-state index in [1.807, 2.05) is 6.92 Å². The molecule has 1 nitrogen and oxygen atoms in total. The van der Waals surface area contributed by atoms with Gasteiger partial charge in [0.15, 0.2) is 0 Å². The zero-order chi connectivity index (χ0) is 11.5. The lowest BCUT2D eigenvalue weighted by Gasteiger charge is -2.31. The van der Waals surface area contributed by atoms with Crippen molar-refractivity contribution in [1.82, 2.24) is 5.32 Å². The lowest BCUT2D eigenvalue weighted by Crippen LogP contribution is -2.39. The maximum absolute atomic E-state index is 12.3. The van der Waals surface area contributed by atoms with Crippen molar-refractivity contribution < 1.29 is 4.39 Å². The van der Waals surface area contributed by atoms with Crippen molar-refractivity contribution >= 4 is 0 Å². The van der Waals surface area contributed by atoms with Crippen molar-refractivity contribution in [2.45, 2.75) is 59.0 Å². The van der Waals surface area contributed by atoms with Crippen LogP contribution >= 0.6 is 0 Å². The van der Waals surface area contributed by atoms with Gasteiger partial charge in [0.2, 0.25) is 0 Å². The molecule has 1 rings (SSSR count). The summed E-state index contributed by atoms with van der Waals surface area (Å²) in [7, 11) is 0. The lowest BCUT2D eigenvalue weighted by atomic mass is 9.79. The standard InChI is InChI=1S/C13H24FN/c1-10(9-14)15-12-7-5-11(6-8-12)13(2,3)4/h5,10,12,15H,6-9H2,1-4H3/t10?,12-/m0/s1. The quantitative estimate of drug-likeness (QED) is 0.708. The van der Waals surface area contributed by atoms with Gasteiger partial charge in [0, 0.05) is 12.1 Å². The van der Waals surface area contributed by atoms with E-state index in [0.29, 0.717) is 11.5 Å². The molecule has 0 heterocycles. The predicted molar refractivity (Wildman–Crippen MR) is 63.7 cm³/mol. The van der Waals surface area contributed by atoms with Crippen molar-refractivity contribution in [1.29, 1.82) is 0 Å². The van der Waals surface area contributed by atoms with E-state index in [-0.39, 0.29) is 12.7 Å². The van der Waals surface area contributed by atoms with Gasteiger partial charge in [-0.1, -0.05) is 32.4 Å². The predicted octanol–water partition coefficient (Wildman–Crippen LogP) is 3.46. The van der Waals surface area contributed by atoms with E-state index >= 15 is 0 Å². The summed E-state index contributed by atoms with van der Waals surface area (Å²) in [5.74, 6) is 0. The number of nitrogens with one attached hydrogen (secondary N) is 1. The number of hydrogen-bond acceptors (Lipinski definition) is 1. The Morgan fingerprint density at radius 1 is 1.53 bits per heavy atom. The van der Waals surface area contributed by atoms with Gasteiger partial charge in [-0.3, -0.25) is 0 Å². The topological polar surface area (TPSA) is 12.0 Å². The third kappa shape index (κ3) is 3.94. The van der Waals surface area contributed by atoms with Crippen LogP contribution in [0.4, 0.5) is 4.39 Å². The monoisotopic (exact) mass is 213 g/mol. The highest BCUT2D eigenvalue weighted by Crippen LogP contribution is 2.33. The summed E-state index contributed by atoms with van der Waals surface area (Å²) in [6.45, 7) is 8.42. The van der Waals surface area contributed by atoms with Gasteiger partial charge in [-0.25, -0.2) is 4.39 Å². The number of rotatable bonds is 3. The van der Waals surface area contributed by atoms with Crippen LogP contribution < -0.4 is 5.32 Å². The number of halogens is 1. The molecule has 0 radical (unpaired) electrons. The molecule has 0 aromatic carbocycles. The van der Waals surface area contributed by atoms with Gasteiger partial charge in [0.1, 0.15) is 6.67 Å². The second-order valence-corrected chi connectivity index (χ2v) is 5.67. The summed E-state index contributed by atoms with van der Waals surface area (Å²) < 4.78 is 12.3. The molecule has 1 N–H and O–H groups in total. The van der Waals surface area contributed by atoms with Crippen LogP contribution in [-0.4, -0.2) is 18.8 Å². The summed E-state index contributed by atoms with van der Waals surface area (Å²) in [5, 5.41) is 3.32. The van der Waals surface area contributed by atoms with Crippen LogP contribution in [0.5, 0.6) is 0 Å². The van der Waals surface area contributed by atoms with Crippen molar-refractivity contribution in [2.24, 2.45) is 5.41 Å². The molecule has 0 spiro atoms. The van der Waals surface area contributed by atoms with Crippen molar-refractivity contribution in [2.75, 3.05) is 6.67 Å². The molecule has 2 atom stereocenters. The van der Waals surface area contributed by atoms with E-state index in [0.717, 1.165) is 19.3 Å². The summed E-state index contributed by atoms with van der Waals surface area (Å²) in [6, 6.07) is 0.474. The Kier molecular flexibility index (Phi) is 4.32. The Balaban J connectivity index is 2.44. The van der Waals surface area contributed by atoms with E-state index in [4.69, 9.17) is 0 Å². The molecule has 2 heteroatoms. The molecule has 88 valence electrons. The van der Waals surface area contributed by atoms with Gasteiger partial charge < -0.3 is 5.32 Å². The molecule has 0 saturated heterocycles. The van der Waals surface area contributed by atoms with Crippen LogP contribution in [0.1, 0.15) is 47.0 Å². The molecule has 15 heavy (non-hydrogen) atoms. The second-order valence-electron chi connectivity index (χ2n) is 5.67. The maximum Gasteiger partial charge on any atom is 0.104 e. The molecular formula is C13H24FN. The minimum Gasteiger partial charge on any atom is -0.309 e. The zero-order valence-corrected chi connectivity index (χ0v) is 10.4. The van der Waals surface area contributed by atoms with Crippen LogP contribution in [-0.2, 0) is 0 Å². The van der Waals surface area contributed by atoms with Gasteiger partial charge in [0.05, 0.1) is 0 Å². The fourth-order valence-electron chi connectivity index (χ4n) is 2.11. The van der Waals surface area contributed by atoms with Gasteiger partial charge >= 0.3 is 0 Å². The average molecular weight is 213 g/mol. The highest BCUT2D eigenvalue weighted by Gasteiger charge is 2.22. The first-order valence-corrected chi connectivity index (χ1v) is 5.95. The van der Waals surface area contributed by atoms with Crippen molar-refractivity contribution in [3.63, 3.8) is 0 Å². The molecule has 0 aromatic heterocycles. The highest BCUT2D eigenvalue weighted by atomic mass is 19.1. The minimum absolute atomic E-state index is 0.000383. The van der Waals surface area contributed by atoms with Crippen molar-refractivity contribution in [3.8, 4) is 0 Å². The third-order valence-corrected chi connectivity index (χ3v) is 3.13. The minimum atomic E-state index is -0.271. The van der Waals surface area contributed by atoms with Gasteiger partial charge in [-0.15, -0.1) is 0 Å². The Morgan fingerprint density at radius 2 is 2.20 bits per heavy atom. The molecular weight excluding hydrogens is 189 g/mol. The van der Waals surface area contributed by atoms with E-state index in [2.05, 4.69) is 32.2 Å². The first kappa shape index (κ1) is 12.7. The van der Waals surface area contributed by atoms with Crippen LogP contribution in [0.2, 0.25) is 0 Å². The Hall–Kier alpha value is -0.370. The molecule has 0 aliphatic heterocycles. The van der Waals surface area contributed by atoms with Gasteiger partial charge in [-0.2, -0.15) is 0 Å². The molecule has 1 aliphatic carbocycles. The van der Waals surface area contributed by atoms with E-state index < -0.39 is 0 Å². The first-order valence-electron chi connectivity index (χ1n) is 5.95. The molecule has 0 fully saturated rings. The molecule has 0 bridgehead atoms. The fourth-order valence-corrected chi connectivity index (χ4v) is 2.11. The van der Waals surface area contributed by atoms with Crippen LogP contribution in [0.3, 0.4) is 0 Å². The Morgan fingerprint density at radius 3 is 2.60 bits per heavy atom. The lowest BCUT2D eigenvalue weighted by molar-refractivity contribution is 0.334. The van der Waals surface area contributed by atoms with Crippen LogP contribution in [0, 0.1) is 5.41 Å². The Labute approximate surface area is 93.1 Å². The number of hydrogen-bond donors (Lipinski definition) is 1. The third-order valence-electron chi connectivity index (χ3n) is 3.13. The summed E-state index contributed by atoms with van der Waals surface area (Å²) in [6.07, 6.45) is 5.69. The molecule has 0 amide bonds. The molecule has 1 unspecified atom stereocenters. The highest BCUT2D eigenvalue weighted by molar-refractivity contribution is 5.14. The molecule has 0 saturated carbocycles. The van der Waals surface area contributed by atoms with Gasteiger partial charge in [-0.05, 0) is 31.6 Å². The normalized spacial score (nSPS) is 24.9. The first-order chi connectivity index (χ1) is 6.93. The average Bonchev–Trinajstić information content (AvgIpc) is 2.17. The summed E-state index contributed by atoms with van der Waals surface area (Å²) in [5.41, 5.74) is 1.85. The van der Waals surface area contributed by atoms with Gasteiger partial charge in [0.25, 0.3) is 0 Å². The smallest absolute Gasteiger partial charge is 0.104 e. The molecule has 0 aromatic rings. The largest absolute Gasteiger partial charge is 0.309 e. The number of alkyl halides is 1. The second kappa shape index (κ2) is 5.11. The molecule has 1 aliphatic rings. The summed E-state index contributed by atoms with van der Waals surface area (Å²) >= 11 is 0. The van der Waals surface area contributed by atoms with Crippen LogP contribution in [0.25, 0.3) is 0 Å². The Bertz CT molecular complexity index is 227. The fraction of sp³-hybridized carbons (Fsp3) is 0.846. The van der Waals surface area contributed by atoms with E-state index in [1.54, 1.807) is 5.57 Å².